The van der Waals surface area contributed by atoms with Crippen molar-refractivity contribution in [2.45, 2.75) is 41.6 Å². The number of benzene rings is 2. The number of aliphatic hydroxyl groups excluding tert-OH is 1. The number of aromatic nitrogens is 3. The van der Waals surface area contributed by atoms with E-state index in [0.29, 0.717) is 12.0 Å². The van der Waals surface area contributed by atoms with Gasteiger partial charge in [-0.1, -0.05) is 72.0 Å². The number of amides is 2. The van der Waals surface area contributed by atoms with Crippen LogP contribution >= 0.6 is 11.8 Å². The van der Waals surface area contributed by atoms with E-state index >= 15 is 0 Å². The average Bonchev–Trinajstić information content (AvgIpc) is 3.55. The van der Waals surface area contributed by atoms with Gasteiger partial charge in [-0.05, 0) is 31.0 Å². The molecule has 1 spiro atoms. The molecular formula is C31H31N5O5S. The Labute approximate surface area is 247 Å². The normalized spacial score (nSPS) is 31.3. The Hall–Kier alpha value is -3.96. The molecule has 2 amide bonds. The Bertz CT molecular complexity index is 1620. The van der Waals surface area contributed by atoms with Crippen molar-refractivity contribution in [3.63, 3.8) is 0 Å². The second kappa shape index (κ2) is 10.1. The molecule has 2 fully saturated rings. The lowest BCUT2D eigenvalue weighted by Crippen LogP contribution is -2.54. The Morgan fingerprint density at radius 2 is 1.81 bits per heavy atom. The third-order valence-electron chi connectivity index (χ3n) is 8.96. The lowest BCUT2D eigenvalue weighted by atomic mass is 9.74. The summed E-state index contributed by atoms with van der Waals surface area (Å²) < 4.78 is 5.50. The molecule has 0 bridgehead atoms. The zero-order chi connectivity index (χ0) is 29.1. The molecule has 1 aromatic heterocycles. The van der Waals surface area contributed by atoms with E-state index in [2.05, 4.69) is 10.3 Å². The van der Waals surface area contributed by atoms with Crippen molar-refractivity contribution in [2.75, 3.05) is 19.8 Å². The number of carbonyl (C=O) groups excluding carboxylic acids is 3. The molecule has 3 aromatic rings. The number of hydrogen-bond donors (Lipinski definition) is 1. The first-order valence-corrected chi connectivity index (χ1v) is 15.0. The zero-order valence-electron chi connectivity index (χ0n) is 23.1. The van der Waals surface area contributed by atoms with E-state index in [1.54, 1.807) is 9.58 Å². The van der Waals surface area contributed by atoms with E-state index < -0.39 is 39.4 Å². The first-order chi connectivity index (χ1) is 20.4. The maximum atomic E-state index is 14.8. The number of hydrogen-bond acceptors (Lipinski definition) is 8. The second-order valence-corrected chi connectivity index (χ2v) is 13.2. The fourth-order valence-electron chi connectivity index (χ4n) is 7.15. The highest BCUT2D eigenvalue weighted by atomic mass is 32.2. The third kappa shape index (κ3) is 3.94. The third-order valence-corrected chi connectivity index (χ3v) is 10.8. The molecule has 42 heavy (non-hydrogen) atoms. The average molecular weight is 586 g/mol. The molecule has 4 aliphatic rings. The van der Waals surface area contributed by atoms with Gasteiger partial charge in [0, 0.05) is 11.3 Å². The minimum Gasteiger partial charge on any atom is -0.465 e. The molecule has 10 nitrogen and oxygen atoms in total. The molecule has 216 valence electrons. The largest absolute Gasteiger partial charge is 0.465 e. The monoisotopic (exact) mass is 585 g/mol. The van der Waals surface area contributed by atoms with E-state index in [0.717, 1.165) is 11.0 Å². The number of cyclic esters (lactones) is 1. The van der Waals surface area contributed by atoms with Gasteiger partial charge >= 0.3 is 5.97 Å². The summed E-state index contributed by atoms with van der Waals surface area (Å²) in [5, 5.41) is 19.2. The highest BCUT2D eigenvalue weighted by Crippen LogP contribution is 2.66. The van der Waals surface area contributed by atoms with Crippen LogP contribution < -0.4 is 0 Å². The Morgan fingerprint density at radius 3 is 2.62 bits per heavy atom. The molecule has 1 unspecified atom stereocenters. The minimum atomic E-state index is -1.05. The van der Waals surface area contributed by atoms with Gasteiger partial charge in [0.1, 0.15) is 18.2 Å². The number of ether oxygens (including phenoxy) is 1. The fraction of sp³-hybridized carbons (Fsp3) is 0.387. The van der Waals surface area contributed by atoms with Crippen molar-refractivity contribution in [3.8, 4) is 0 Å². The van der Waals surface area contributed by atoms with Crippen molar-refractivity contribution < 1.29 is 24.2 Å². The molecule has 0 radical (unpaired) electrons. The molecule has 6 atom stereocenters. The highest BCUT2D eigenvalue weighted by Gasteiger charge is 2.74. The van der Waals surface area contributed by atoms with E-state index in [1.807, 2.05) is 85.8 Å². The van der Waals surface area contributed by atoms with Crippen LogP contribution in [0, 0.1) is 11.8 Å². The molecule has 4 aliphatic heterocycles. The number of para-hydroxylation sites is 1. The van der Waals surface area contributed by atoms with Gasteiger partial charge in [0.15, 0.2) is 0 Å². The van der Waals surface area contributed by atoms with Crippen LogP contribution in [0.25, 0.3) is 11.0 Å². The van der Waals surface area contributed by atoms with Crippen LogP contribution in [0.15, 0.2) is 78.9 Å². The number of aliphatic hydroxyl groups is 1. The summed E-state index contributed by atoms with van der Waals surface area (Å²) in [5.41, 5.74) is 2.22. The number of rotatable bonds is 5. The van der Waals surface area contributed by atoms with Crippen molar-refractivity contribution in [2.24, 2.45) is 11.8 Å². The van der Waals surface area contributed by atoms with Gasteiger partial charge < -0.3 is 19.6 Å². The van der Waals surface area contributed by atoms with Crippen LogP contribution in [-0.4, -0.2) is 83.0 Å². The van der Waals surface area contributed by atoms with Crippen LogP contribution in [0.1, 0.15) is 24.9 Å². The van der Waals surface area contributed by atoms with Crippen LogP contribution in [0.2, 0.25) is 0 Å². The van der Waals surface area contributed by atoms with E-state index in [-0.39, 0.29) is 38.2 Å². The molecule has 7 rings (SSSR count). The van der Waals surface area contributed by atoms with Crippen LogP contribution in [0.5, 0.6) is 0 Å². The number of esters is 1. The quantitative estimate of drug-likeness (QED) is 0.359. The van der Waals surface area contributed by atoms with Gasteiger partial charge in [0.2, 0.25) is 11.8 Å². The predicted molar refractivity (Wildman–Crippen MR) is 156 cm³/mol. The summed E-state index contributed by atoms with van der Waals surface area (Å²) in [6, 6.07) is 15.0. The lowest BCUT2D eigenvalue weighted by molar-refractivity contribution is -0.155. The van der Waals surface area contributed by atoms with Crippen LogP contribution in [-0.2, 0) is 25.8 Å². The van der Waals surface area contributed by atoms with Crippen molar-refractivity contribution in [1.82, 2.24) is 24.8 Å². The molecular weight excluding hydrogens is 554 g/mol. The van der Waals surface area contributed by atoms with Gasteiger partial charge in [-0.2, -0.15) is 0 Å². The van der Waals surface area contributed by atoms with Gasteiger partial charge in [-0.3, -0.25) is 14.4 Å². The zero-order valence-corrected chi connectivity index (χ0v) is 23.9. The van der Waals surface area contributed by atoms with Crippen molar-refractivity contribution in [1.29, 1.82) is 0 Å². The SMILES string of the molecule is C[C@@]12C=CCCOC(=O)[C@@H]1[C@H]1C(=O)N([C@H](CO)c3ccccc3)C3C(=O)N(Cn4nnc5ccccc54)CC=C[C@@]31S2. The molecule has 2 aromatic carbocycles. The molecule has 1 N–H and O–H groups in total. The minimum absolute atomic E-state index is 0.130. The number of thioether (sulfide) groups is 1. The van der Waals surface area contributed by atoms with E-state index in [1.165, 1.54) is 16.7 Å². The predicted octanol–water partition coefficient (Wildman–Crippen LogP) is 2.71. The summed E-state index contributed by atoms with van der Waals surface area (Å²) in [5.74, 6) is -2.68. The summed E-state index contributed by atoms with van der Waals surface area (Å²) in [6.45, 7) is 2.24. The molecule has 2 saturated heterocycles. The van der Waals surface area contributed by atoms with Crippen molar-refractivity contribution in [3.05, 3.63) is 84.5 Å². The summed E-state index contributed by atoms with van der Waals surface area (Å²) in [4.78, 5) is 46.2. The maximum Gasteiger partial charge on any atom is 0.311 e. The first-order valence-electron chi connectivity index (χ1n) is 14.2. The summed E-state index contributed by atoms with van der Waals surface area (Å²) >= 11 is 1.48. The Balaban J connectivity index is 1.36. The Kier molecular flexibility index (Phi) is 6.47. The molecule has 5 heterocycles. The maximum absolute atomic E-state index is 14.8. The second-order valence-electron chi connectivity index (χ2n) is 11.4. The topological polar surface area (TPSA) is 118 Å². The van der Waals surface area contributed by atoms with Gasteiger partial charge in [-0.25, -0.2) is 4.68 Å². The number of fused-ring (bicyclic) bond motifs is 3. The summed E-state index contributed by atoms with van der Waals surface area (Å²) in [6.07, 6.45) is 8.46. The van der Waals surface area contributed by atoms with Gasteiger partial charge in [0.25, 0.3) is 0 Å². The van der Waals surface area contributed by atoms with Gasteiger partial charge in [-0.15, -0.1) is 16.9 Å². The molecule has 11 heteroatoms. The number of carbonyl (C=O) groups is 3. The van der Waals surface area contributed by atoms with Gasteiger partial charge in [0.05, 0.1) is 41.4 Å². The van der Waals surface area contributed by atoms with Crippen molar-refractivity contribution >= 4 is 40.6 Å². The molecule has 0 saturated carbocycles. The lowest BCUT2D eigenvalue weighted by Gasteiger charge is -2.40. The Morgan fingerprint density at radius 1 is 1.02 bits per heavy atom. The first kappa shape index (κ1) is 26.9. The van der Waals surface area contributed by atoms with E-state index in [4.69, 9.17) is 4.74 Å². The fourth-order valence-corrected chi connectivity index (χ4v) is 9.29. The highest BCUT2D eigenvalue weighted by molar-refractivity contribution is 8.02. The van der Waals surface area contributed by atoms with Crippen LogP contribution in [0.3, 0.4) is 0 Å². The number of likely N-dealkylation sites (tertiary alicyclic amines) is 1. The smallest absolute Gasteiger partial charge is 0.311 e. The number of nitrogens with zero attached hydrogens (tertiary/aromatic N) is 5. The summed E-state index contributed by atoms with van der Waals surface area (Å²) in [7, 11) is 0. The molecule has 0 aliphatic carbocycles. The van der Waals surface area contributed by atoms with E-state index in [9.17, 15) is 19.5 Å². The standard InChI is InChI=1S/C31H31N5O5S/c1-30-14-7-8-17-41-29(40)25(30)24-27(38)36(23(18-37)20-10-3-2-4-11-20)26-28(39)34(16-9-15-31(24,26)42-30)19-35-22-13-6-5-12-21(22)32-33-35/h2-7,9-15,23-26,37H,8,16-19H2,1H3/t23-,24+,25+,26?,30-,31+/m1/s1. The van der Waals surface area contributed by atoms with Crippen LogP contribution in [0.4, 0.5) is 0 Å².